The highest BCUT2D eigenvalue weighted by Crippen LogP contribution is 2.14. The van der Waals surface area contributed by atoms with Crippen LogP contribution in [0.15, 0.2) is 18.2 Å². The Kier molecular flexibility index (Phi) is 3.29. The number of aromatic nitrogens is 4. The first-order valence-electron chi connectivity index (χ1n) is 6.82. The molecule has 0 bridgehead atoms. The molecule has 1 aromatic heterocycles. The van der Waals surface area contributed by atoms with Gasteiger partial charge in [-0.2, -0.15) is 0 Å². The second-order valence-corrected chi connectivity index (χ2v) is 5.28. The van der Waals surface area contributed by atoms with Gasteiger partial charge in [-0.15, -0.1) is 15.0 Å². The maximum Gasteiger partial charge on any atom is 0.176 e. The van der Waals surface area contributed by atoms with Crippen molar-refractivity contribution < 1.29 is 0 Å². The number of rotatable bonds is 3. The molecule has 2 aromatic rings. The Morgan fingerprint density at radius 1 is 1.37 bits per heavy atom. The minimum absolute atomic E-state index is 0.511. The summed E-state index contributed by atoms with van der Waals surface area (Å²) in [7, 11) is 0. The minimum atomic E-state index is 0.511. The molecule has 0 aliphatic carbocycles. The number of tetrazole rings is 1. The molecule has 1 aromatic carbocycles. The predicted molar refractivity (Wildman–Crippen MR) is 73.4 cm³/mol. The fourth-order valence-corrected chi connectivity index (χ4v) is 2.61. The van der Waals surface area contributed by atoms with Crippen LogP contribution in [0.5, 0.6) is 0 Å². The summed E-state index contributed by atoms with van der Waals surface area (Å²) >= 11 is 0. The Balaban J connectivity index is 1.80. The molecule has 0 amide bonds. The molecule has 1 unspecified atom stereocenters. The summed E-state index contributed by atoms with van der Waals surface area (Å²) in [5.41, 5.74) is 3.42. The first-order chi connectivity index (χ1) is 9.22. The van der Waals surface area contributed by atoms with E-state index in [2.05, 4.69) is 46.7 Å². The van der Waals surface area contributed by atoms with Crippen LogP contribution >= 0.6 is 0 Å². The van der Waals surface area contributed by atoms with Crippen molar-refractivity contribution in [2.75, 3.05) is 6.54 Å². The number of hydrogen-bond acceptors (Lipinski definition) is 4. The molecule has 5 nitrogen and oxygen atoms in total. The van der Waals surface area contributed by atoms with Gasteiger partial charge in [-0.1, -0.05) is 17.7 Å². The van der Waals surface area contributed by atoms with E-state index in [1.54, 1.807) is 4.80 Å². The topological polar surface area (TPSA) is 55.6 Å². The number of benzene rings is 1. The summed E-state index contributed by atoms with van der Waals surface area (Å²) in [5.74, 6) is 0.819. The molecule has 0 radical (unpaired) electrons. The summed E-state index contributed by atoms with van der Waals surface area (Å²) in [6.45, 7) is 5.27. The molecule has 2 heterocycles. The molecule has 1 fully saturated rings. The number of nitrogens with zero attached hydrogens (tertiary/aromatic N) is 4. The lowest BCUT2D eigenvalue weighted by molar-refractivity contribution is 0.584. The zero-order valence-electron chi connectivity index (χ0n) is 11.4. The molecule has 100 valence electrons. The lowest BCUT2D eigenvalue weighted by Crippen LogP contribution is -2.24. The lowest BCUT2D eigenvalue weighted by atomic mass is 10.1. The molecule has 3 rings (SSSR count). The van der Waals surface area contributed by atoms with Crippen molar-refractivity contribution in [2.24, 2.45) is 0 Å². The maximum absolute atomic E-state index is 4.49. The minimum Gasteiger partial charge on any atom is -0.314 e. The van der Waals surface area contributed by atoms with Gasteiger partial charge in [-0.05, 0) is 50.1 Å². The summed E-state index contributed by atoms with van der Waals surface area (Å²) in [6.07, 6.45) is 3.32. The third-order valence-corrected chi connectivity index (χ3v) is 3.61. The quantitative estimate of drug-likeness (QED) is 0.907. The second kappa shape index (κ2) is 5.09. The van der Waals surface area contributed by atoms with E-state index in [-0.39, 0.29) is 0 Å². The molecule has 1 aliphatic heterocycles. The van der Waals surface area contributed by atoms with Gasteiger partial charge in [0.2, 0.25) is 0 Å². The van der Waals surface area contributed by atoms with E-state index in [0.717, 1.165) is 24.5 Å². The van der Waals surface area contributed by atoms with Gasteiger partial charge in [0.1, 0.15) is 0 Å². The predicted octanol–water partition coefficient (Wildman–Crippen LogP) is 1.57. The fraction of sp³-hybridized carbons (Fsp3) is 0.500. The van der Waals surface area contributed by atoms with E-state index in [1.165, 1.54) is 24.0 Å². The highest BCUT2D eigenvalue weighted by Gasteiger charge is 2.17. The average molecular weight is 257 g/mol. The van der Waals surface area contributed by atoms with Crippen molar-refractivity contribution in [1.29, 1.82) is 0 Å². The smallest absolute Gasteiger partial charge is 0.176 e. The van der Waals surface area contributed by atoms with Gasteiger partial charge in [0, 0.05) is 12.5 Å². The van der Waals surface area contributed by atoms with E-state index in [1.807, 2.05) is 6.07 Å². The first-order valence-corrected chi connectivity index (χ1v) is 6.82. The molecule has 1 N–H and O–H groups in total. The van der Waals surface area contributed by atoms with E-state index in [0.29, 0.717) is 6.04 Å². The first kappa shape index (κ1) is 12.3. The third kappa shape index (κ3) is 2.66. The van der Waals surface area contributed by atoms with Crippen molar-refractivity contribution >= 4 is 0 Å². The van der Waals surface area contributed by atoms with E-state index in [4.69, 9.17) is 0 Å². The molecule has 19 heavy (non-hydrogen) atoms. The van der Waals surface area contributed by atoms with Crippen LogP contribution in [0.3, 0.4) is 0 Å². The van der Waals surface area contributed by atoms with Crippen molar-refractivity contribution in [1.82, 2.24) is 25.5 Å². The summed E-state index contributed by atoms with van der Waals surface area (Å²) in [4.78, 5) is 1.64. The van der Waals surface area contributed by atoms with Crippen LogP contribution in [0.1, 0.15) is 29.8 Å². The fourth-order valence-electron chi connectivity index (χ4n) is 2.61. The van der Waals surface area contributed by atoms with Crippen LogP contribution < -0.4 is 5.32 Å². The van der Waals surface area contributed by atoms with Crippen molar-refractivity contribution in [3.05, 3.63) is 35.2 Å². The van der Waals surface area contributed by atoms with Gasteiger partial charge in [0.25, 0.3) is 0 Å². The second-order valence-electron chi connectivity index (χ2n) is 5.28. The summed E-state index contributed by atoms with van der Waals surface area (Å²) in [6, 6.07) is 6.77. The van der Waals surface area contributed by atoms with Crippen molar-refractivity contribution in [3.8, 4) is 5.69 Å². The molecule has 1 atom stereocenters. The van der Waals surface area contributed by atoms with E-state index < -0.39 is 0 Å². The highest BCUT2D eigenvalue weighted by molar-refractivity contribution is 5.40. The molecule has 5 heteroatoms. The van der Waals surface area contributed by atoms with Gasteiger partial charge in [-0.25, -0.2) is 0 Å². The third-order valence-electron chi connectivity index (χ3n) is 3.61. The van der Waals surface area contributed by atoms with Crippen LogP contribution in [0.4, 0.5) is 0 Å². The van der Waals surface area contributed by atoms with Gasteiger partial charge >= 0.3 is 0 Å². The van der Waals surface area contributed by atoms with Gasteiger partial charge in [-0.3, -0.25) is 0 Å². The zero-order chi connectivity index (χ0) is 13.2. The van der Waals surface area contributed by atoms with Gasteiger partial charge < -0.3 is 5.32 Å². The van der Waals surface area contributed by atoms with E-state index in [9.17, 15) is 0 Å². The molecule has 1 aliphatic rings. The molecule has 0 saturated carbocycles. The zero-order valence-corrected chi connectivity index (χ0v) is 11.4. The van der Waals surface area contributed by atoms with Crippen LogP contribution in [0.2, 0.25) is 0 Å². The van der Waals surface area contributed by atoms with Crippen LogP contribution in [0, 0.1) is 13.8 Å². The number of aryl methyl sites for hydroxylation is 2. The summed E-state index contributed by atoms with van der Waals surface area (Å²) in [5, 5.41) is 16.3. The largest absolute Gasteiger partial charge is 0.314 e. The molecule has 0 spiro atoms. The molecular formula is C14H19N5. The maximum atomic E-state index is 4.49. The molecule has 1 saturated heterocycles. The Labute approximate surface area is 113 Å². The van der Waals surface area contributed by atoms with Crippen LogP contribution in [-0.2, 0) is 6.42 Å². The SMILES string of the molecule is Cc1ccc(-n2nnc(CC3CCCN3)n2)c(C)c1. The number of hydrogen-bond donors (Lipinski definition) is 1. The van der Waals surface area contributed by atoms with E-state index >= 15 is 0 Å². The standard InChI is InChI=1S/C14H19N5/c1-10-5-6-13(11(2)8-10)19-17-14(16-18-19)9-12-4-3-7-15-12/h5-6,8,12,15H,3-4,7,9H2,1-2H3. The Morgan fingerprint density at radius 2 is 2.26 bits per heavy atom. The van der Waals surface area contributed by atoms with Crippen LogP contribution in [-0.4, -0.2) is 32.8 Å². The average Bonchev–Trinajstić information content (AvgIpc) is 3.01. The lowest BCUT2D eigenvalue weighted by Gasteiger charge is -2.06. The van der Waals surface area contributed by atoms with Crippen molar-refractivity contribution in [2.45, 2.75) is 39.2 Å². The normalized spacial score (nSPS) is 18.9. The highest BCUT2D eigenvalue weighted by atomic mass is 15.6. The molecular weight excluding hydrogens is 238 g/mol. The van der Waals surface area contributed by atoms with Gasteiger partial charge in [0.15, 0.2) is 5.82 Å². The Hall–Kier alpha value is -1.75. The van der Waals surface area contributed by atoms with Crippen LogP contribution in [0.25, 0.3) is 5.69 Å². The monoisotopic (exact) mass is 257 g/mol. The number of nitrogens with one attached hydrogen (secondary N) is 1. The Morgan fingerprint density at radius 3 is 3.00 bits per heavy atom. The Bertz CT molecular complexity index is 569. The van der Waals surface area contributed by atoms with Crippen molar-refractivity contribution in [3.63, 3.8) is 0 Å². The van der Waals surface area contributed by atoms with Gasteiger partial charge in [0.05, 0.1) is 5.69 Å². The summed E-state index contributed by atoms with van der Waals surface area (Å²) < 4.78 is 0.